The topological polar surface area (TPSA) is 12.0 Å². The molecule has 0 radical (unpaired) electrons. The van der Waals surface area contributed by atoms with Crippen LogP contribution in [0.5, 0.6) is 0 Å². The van der Waals surface area contributed by atoms with Crippen LogP contribution in [0.3, 0.4) is 0 Å². The van der Waals surface area contributed by atoms with Crippen molar-refractivity contribution in [1.29, 1.82) is 0 Å². The molecule has 1 nitrogen and oxygen atoms in total. The molecule has 2 rings (SSSR count). The van der Waals surface area contributed by atoms with Crippen LogP contribution in [0.1, 0.15) is 16.7 Å². The van der Waals surface area contributed by atoms with Crippen LogP contribution in [-0.2, 0) is 6.54 Å². The minimum Gasteiger partial charge on any atom is -0.381 e. The Morgan fingerprint density at radius 1 is 1.05 bits per heavy atom. The highest BCUT2D eigenvalue weighted by Gasteiger charge is 2.04. The van der Waals surface area contributed by atoms with Gasteiger partial charge in [-0.15, -0.1) is 0 Å². The van der Waals surface area contributed by atoms with Gasteiger partial charge < -0.3 is 5.32 Å². The Morgan fingerprint density at radius 3 is 2.26 bits per heavy atom. The molecule has 4 heteroatoms. The molecule has 0 aliphatic rings. The number of nitrogens with one attached hydrogen (secondary N) is 1. The van der Waals surface area contributed by atoms with Gasteiger partial charge in [0.25, 0.3) is 0 Å². The van der Waals surface area contributed by atoms with E-state index in [-0.39, 0.29) is 5.82 Å². The van der Waals surface area contributed by atoms with Crippen molar-refractivity contribution in [3.63, 3.8) is 0 Å². The van der Waals surface area contributed by atoms with E-state index in [0.717, 1.165) is 15.7 Å². The number of halogens is 3. The quantitative estimate of drug-likeness (QED) is 0.725. The molecule has 1 N–H and O–H groups in total. The van der Waals surface area contributed by atoms with Crippen molar-refractivity contribution in [2.45, 2.75) is 20.4 Å². The third-order valence-corrected chi connectivity index (χ3v) is 4.81. The summed E-state index contributed by atoms with van der Waals surface area (Å²) in [4.78, 5) is 0. The van der Waals surface area contributed by atoms with Crippen LogP contribution < -0.4 is 5.32 Å². The average Bonchev–Trinajstić information content (AvgIpc) is 2.37. The smallest absolute Gasteiger partial charge is 0.137 e. The molecule has 0 unspecified atom stereocenters. The van der Waals surface area contributed by atoms with Gasteiger partial charge in [0.15, 0.2) is 0 Å². The molecule has 2 aromatic carbocycles. The first-order valence-corrected chi connectivity index (χ1v) is 7.50. The zero-order chi connectivity index (χ0) is 14.0. The maximum absolute atomic E-state index is 13.4. The van der Waals surface area contributed by atoms with Gasteiger partial charge in [0.05, 0.1) is 4.47 Å². The lowest BCUT2D eigenvalue weighted by molar-refractivity contribution is 0.619. The summed E-state index contributed by atoms with van der Waals surface area (Å²) in [5.74, 6) is -0.234. The van der Waals surface area contributed by atoms with Gasteiger partial charge in [0, 0.05) is 16.7 Å². The maximum Gasteiger partial charge on any atom is 0.137 e. The van der Waals surface area contributed by atoms with Crippen LogP contribution in [0.25, 0.3) is 0 Å². The molecule has 0 aliphatic carbocycles. The second-order valence-electron chi connectivity index (χ2n) is 4.53. The molecule has 0 spiro atoms. The molecule has 0 saturated heterocycles. The first kappa shape index (κ1) is 14.5. The van der Waals surface area contributed by atoms with Crippen molar-refractivity contribution >= 4 is 37.5 Å². The maximum atomic E-state index is 13.4. The van der Waals surface area contributed by atoms with Crippen molar-refractivity contribution in [3.8, 4) is 0 Å². The molecule has 0 fully saturated rings. The van der Waals surface area contributed by atoms with Crippen molar-refractivity contribution in [1.82, 2.24) is 0 Å². The van der Waals surface area contributed by atoms with Crippen LogP contribution in [0, 0.1) is 19.7 Å². The minimum absolute atomic E-state index is 0.234. The Kier molecular flexibility index (Phi) is 4.63. The van der Waals surface area contributed by atoms with Gasteiger partial charge >= 0.3 is 0 Å². The number of aryl methyl sites for hydroxylation is 2. The molecule has 0 atom stereocenters. The fraction of sp³-hybridized carbons (Fsp3) is 0.200. The average molecular weight is 387 g/mol. The van der Waals surface area contributed by atoms with Crippen molar-refractivity contribution < 1.29 is 4.39 Å². The van der Waals surface area contributed by atoms with Gasteiger partial charge in [-0.05, 0) is 70.7 Å². The Bertz CT molecular complexity index is 588. The summed E-state index contributed by atoms with van der Waals surface area (Å²) in [6.45, 7) is 4.72. The van der Waals surface area contributed by atoms with Crippen molar-refractivity contribution in [3.05, 3.63) is 61.8 Å². The lowest BCUT2D eigenvalue weighted by Gasteiger charge is -2.11. The van der Waals surface area contributed by atoms with E-state index < -0.39 is 0 Å². The third-order valence-electron chi connectivity index (χ3n) is 2.92. The summed E-state index contributed by atoms with van der Waals surface area (Å²) in [6.07, 6.45) is 0. The highest BCUT2D eigenvalue weighted by molar-refractivity contribution is 9.10. The third kappa shape index (κ3) is 3.57. The molecule has 0 aliphatic heterocycles. The predicted molar refractivity (Wildman–Crippen MR) is 85.0 cm³/mol. The summed E-state index contributed by atoms with van der Waals surface area (Å²) in [6, 6.07) is 9.32. The molecule has 0 saturated carbocycles. The van der Waals surface area contributed by atoms with E-state index in [1.807, 2.05) is 6.07 Å². The van der Waals surface area contributed by atoms with E-state index in [4.69, 9.17) is 0 Å². The van der Waals surface area contributed by atoms with E-state index >= 15 is 0 Å². The highest BCUT2D eigenvalue weighted by Crippen LogP contribution is 2.25. The van der Waals surface area contributed by atoms with Crippen molar-refractivity contribution in [2.75, 3.05) is 5.32 Å². The van der Waals surface area contributed by atoms with Gasteiger partial charge in [-0.2, -0.15) is 0 Å². The Labute approximate surface area is 129 Å². The second-order valence-corrected chi connectivity index (χ2v) is 6.17. The molecule has 2 aromatic rings. The molecule has 19 heavy (non-hydrogen) atoms. The fourth-order valence-corrected chi connectivity index (χ4v) is 2.38. The normalized spacial score (nSPS) is 10.6. The monoisotopic (exact) mass is 385 g/mol. The highest BCUT2D eigenvalue weighted by atomic mass is 79.9. The summed E-state index contributed by atoms with van der Waals surface area (Å²) in [7, 11) is 0. The van der Waals surface area contributed by atoms with Crippen LogP contribution in [0.4, 0.5) is 10.1 Å². The number of hydrogen-bond donors (Lipinski definition) is 1. The number of hydrogen-bond acceptors (Lipinski definition) is 1. The van der Waals surface area contributed by atoms with E-state index in [1.54, 1.807) is 6.07 Å². The largest absolute Gasteiger partial charge is 0.381 e. The zero-order valence-corrected chi connectivity index (χ0v) is 13.9. The number of rotatable bonds is 3. The van der Waals surface area contributed by atoms with Gasteiger partial charge in [-0.25, -0.2) is 4.39 Å². The Balaban J connectivity index is 2.12. The van der Waals surface area contributed by atoms with Gasteiger partial charge in [-0.1, -0.05) is 22.0 Å². The van der Waals surface area contributed by atoms with E-state index in [9.17, 15) is 4.39 Å². The molecule has 0 amide bonds. The SMILES string of the molecule is Cc1cc(NCc2ccc(Br)c(F)c2)cc(C)c1Br. The van der Waals surface area contributed by atoms with E-state index in [0.29, 0.717) is 11.0 Å². The number of benzene rings is 2. The molecule has 100 valence electrons. The Morgan fingerprint density at radius 2 is 1.68 bits per heavy atom. The summed E-state index contributed by atoms with van der Waals surface area (Å²) in [5, 5.41) is 3.31. The molecule has 0 heterocycles. The molecule has 0 bridgehead atoms. The fourth-order valence-electron chi connectivity index (χ4n) is 1.90. The van der Waals surface area contributed by atoms with Crippen LogP contribution in [0.2, 0.25) is 0 Å². The predicted octanol–water partition coefficient (Wildman–Crippen LogP) is 5.58. The van der Waals surface area contributed by atoms with Gasteiger partial charge in [-0.3, -0.25) is 0 Å². The first-order chi connectivity index (χ1) is 8.97. The molecular weight excluding hydrogens is 373 g/mol. The molecular formula is C15H14Br2FN. The minimum atomic E-state index is -0.234. The lowest BCUT2D eigenvalue weighted by atomic mass is 10.1. The van der Waals surface area contributed by atoms with Crippen molar-refractivity contribution in [2.24, 2.45) is 0 Å². The summed E-state index contributed by atoms with van der Waals surface area (Å²) >= 11 is 6.70. The van der Waals surface area contributed by atoms with Crippen LogP contribution in [-0.4, -0.2) is 0 Å². The zero-order valence-electron chi connectivity index (χ0n) is 10.7. The second kappa shape index (κ2) is 6.06. The van der Waals surface area contributed by atoms with Crippen LogP contribution in [0.15, 0.2) is 39.3 Å². The van der Waals surface area contributed by atoms with E-state index in [1.165, 1.54) is 17.2 Å². The van der Waals surface area contributed by atoms with Crippen LogP contribution >= 0.6 is 31.9 Å². The van der Waals surface area contributed by atoms with Gasteiger partial charge in [0.1, 0.15) is 5.82 Å². The number of anilines is 1. The lowest BCUT2D eigenvalue weighted by Crippen LogP contribution is -2.01. The van der Waals surface area contributed by atoms with Gasteiger partial charge in [0.2, 0.25) is 0 Å². The summed E-state index contributed by atoms with van der Waals surface area (Å²) < 4.78 is 15.0. The first-order valence-electron chi connectivity index (χ1n) is 5.92. The molecule has 0 aromatic heterocycles. The van der Waals surface area contributed by atoms with E-state index in [2.05, 4.69) is 63.2 Å². The summed E-state index contributed by atoms with van der Waals surface area (Å²) in [5.41, 5.74) is 4.33. The Hall–Kier alpha value is -0.870. The standard InChI is InChI=1S/C15H14Br2FN/c1-9-5-12(6-10(2)15(9)17)19-8-11-3-4-13(16)14(18)7-11/h3-7,19H,8H2,1-2H3.